The summed E-state index contributed by atoms with van der Waals surface area (Å²) in [6, 6.07) is 15.8. The zero-order valence-electron chi connectivity index (χ0n) is 14.8. The third-order valence-corrected chi connectivity index (χ3v) is 5.75. The molecule has 4 nitrogen and oxygen atoms in total. The number of fused-ring (bicyclic) bond motifs is 1. The van der Waals surface area contributed by atoms with E-state index in [9.17, 15) is 0 Å². The van der Waals surface area contributed by atoms with Gasteiger partial charge in [0.25, 0.3) is 0 Å². The highest BCUT2D eigenvalue weighted by Crippen LogP contribution is 2.32. The third-order valence-electron chi connectivity index (χ3n) is 5.75. The number of nitrogens with zero attached hydrogens (tertiary/aromatic N) is 3. The number of pyridine rings is 1. The molecule has 2 aliphatic heterocycles. The van der Waals surface area contributed by atoms with Crippen LogP contribution in [0.25, 0.3) is 0 Å². The second kappa shape index (κ2) is 7.54. The largest absolute Gasteiger partial charge is 0.384 e. The van der Waals surface area contributed by atoms with Crippen LogP contribution >= 0.6 is 0 Å². The lowest BCUT2D eigenvalue weighted by Gasteiger charge is -2.47. The Morgan fingerprint density at radius 1 is 1.00 bits per heavy atom. The molecule has 2 fully saturated rings. The quantitative estimate of drug-likeness (QED) is 0.932. The molecule has 0 spiro atoms. The molecular formula is C21H28N4. The molecule has 2 aliphatic rings. The van der Waals surface area contributed by atoms with Crippen molar-refractivity contribution in [1.29, 1.82) is 0 Å². The Bertz CT molecular complexity index is 687. The van der Waals surface area contributed by atoms with Gasteiger partial charge in [0.15, 0.2) is 0 Å². The molecule has 0 amide bonds. The standard InChI is InChI=1S/C21H28N4/c22-21-13-18(8-10-23-21)14-24-12-9-20-19(16-24)7-4-11-25(20)15-17-5-2-1-3-6-17/h1-3,5-6,8,10,13,19-20H,4,7,9,11-12,14-16H2,(H2,22,23)/t19-,20+/m1/s1. The van der Waals surface area contributed by atoms with Crippen LogP contribution in [0.3, 0.4) is 0 Å². The van der Waals surface area contributed by atoms with Crippen LogP contribution in [0.5, 0.6) is 0 Å². The molecule has 132 valence electrons. The lowest BCUT2D eigenvalue weighted by Crippen LogP contribution is -2.53. The van der Waals surface area contributed by atoms with Crippen LogP contribution < -0.4 is 5.73 Å². The fourth-order valence-electron chi connectivity index (χ4n) is 4.59. The van der Waals surface area contributed by atoms with Gasteiger partial charge in [0.1, 0.15) is 5.82 Å². The van der Waals surface area contributed by atoms with E-state index in [1.165, 1.54) is 50.0 Å². The zero-order valence-corrected chi connectivity index (χ0v) is 14.8. The van der Waals surface area contributed by atoms with Crippen molar-refractivity contribution in [3.63, 3.8) is 0 Å². The summed E-state index contributed by atoms with van der Waals surface area (Å²) in [5.41, 5.74) is 8.55. The van der Waals surface area contributed by atoms with Crippen LogP contribution in [0.15, 0.2) is 48.7 Å². The van der Waals surface area contributed by atoms with Crippen LogP contribution in [0.1, 0.15) is 30.4 Å². The fourth-order valence-corrected chi connectivity index (χ4v) is 4.59. The Hall–Kier alpha value is -1.91. The van der Waals surface area contributed by atoms with E-state index < -0.39 is 0 Å². The zero-order chi connectivity index (χ0) is 17.1. The van der Waals surface area contributed by atoms with E-state index >= 15 is 0 Å². The summed E-state index contributed by atoms with van der Waals surface area (Å²) in [4.78, 5) is 9.43. The number of rotatable bonds is 4. The molecule has 0 aliphatic carbocycles. The molecule has 2 atom stereocenters. The van der Waals surface area contributed by atoms with Crippen LogP contribution in [0.2, 0.25) is 0 Å². The number of nitrogen functional groups attached to an aromatic ring is 1. The Balaban J connectivity index is 1.38. The van der Waals surface area contributed by atoms with Crippen LogP contribution in [0, 0.1) is 5.92 Å². The van der Waals surface area contributed by atoms with Gasteiger partial charge in [-0.2, -0.15) is 0 Å². The molecule has 4 rings (SSSR count). The summed E-state index contributed by atoms with van der Waals surface area (Å²) in [7, 11) is 0. The molecule has 25 heavy (non-hydrogen) atoms. The number of aromatic nitrogens is 1. The Kier molecular flexibility index (Phi) is 4.99. The first-order valence-corrected chi connectivity index (χ1v) is 9.49. The Labute approximate surface area is 150 Å². The predicted molar refractivity (Wildman–Crippen MR) is 102 cm³/mol. The van der Waals surface area contributed by atoms with E-state index in [-0.39, 0.29) is 0 Å². The summed E-state index contributed by atoms with van der Waals surface area (Å²) in [5, 5.41) is 0. The molecule has 0 radical (unpaired) electrons. The average Bonchev–Trinajstić information content (AvgIpc) is 2.63. The number of piperidine rings is 2. The van der Waals surface area contributed by atoms with Crippen molar-refractivity contribution in [2.24, 2.45) is 5.92 Å². The molecule has 0 unspecified atom stereocenters. The van der Waals surface area contributed by atoms with E-state index in [1.807, 2.05) is 12.3 Å². The van der Waals surface area contributed by atoms with Crippen molar-refractivity contribution in [3.8, 4) is 0 Å². The highest BCUT2D eigenvalue weighted by molar-refractivity contribution is 5.31. The first kappa shape index (κ1) is 16.6. The van der Waals surface area contributed by atoms with E-state index in [0.717, 1.165) is 25.0 Å². The SMILES string of the molecule is Nc1cc(CN2CC[C@H]3[C@H](CCCN3Cc3ccccc3)C2)ccn1. The van der Waals surface area contributed by atoms with E-state index in [4.69, 9.17) is 5.73 Å². The number of hydrogen-bond donors (Lipinski definition) is 1. The molecule has 2 saturated heterocycles. The molecule has 1 aromatic heterocycles. The second-order valence-electron chi connectivity index (χ2n) is 7.54. The van der Waals surface area contributed by atoms with Gasteiger partial charge in [-0.15, -0.1) is 0 Å². The highest BCUT2D eigenvalue weighted by Gasteiger charge is 2.35. The maximum absolute atomic E-state index is 5.83. The minimum atomic E-state index is 0.624. The summed E-state index contributed by atoms with van der Waals surface area (Å²) >= 11 is 0. The monoisotopic (exact) mass is 336 g/mol. The molecule has 4 heteroatoms. The minimum Gasteiger partial charge on any atom is -0.384 e. The fraction of sp³-hybridized carbons (Fsp3) is 0.476. The molecule has 2 N–H and O–H groups in total. The summed E-state index contributed by atoms with van der Waals surface area (Å²) < 4.78 is 0. The molecule has 0 bridgehead atoms. The molecule has 3 heterocycles. The van der Waals surface area contributed by atoms with Gasteiger partial charge in [0, 0.05) is 31.9 Å². The third kappa shape index (κ3) is 4.02. The maximum Gasteiger partial charge on any atom is 0.123 e. The second-order valence-corrected chi connectivity index (χ2v) is 7.54. The summed E-state index contributed by atoms with van der Waals surface area (Å²) in [5.74, 6) is 1.42. The highest BCUT2D eigenvalue weighted by atomic mass is 15.2. The average molecular weight is 336 g/mol. The normalized spacial score (nSPS) is 24.8. The smallest absolute Gasteiger partial charge is 0.123 e. The van der Waals surface area contributed by atoms with Crippen molar-refractivity contribution in [3.05, 3.63) is 59.8 Å². The van der Waals surface area contributed by atoms with Gasteiger partial charge in [-0.05, 0) is 61.5 Å². The first-order chi connectivity index (χ1) is 12.3. The lowest BCUT2D eigenvalue weighted by molar-refractivity contribution is 0.0156. The number of benzene rings is 1. The maximum atomic E-state index is 5.83. The molecular weight excluding hydrogens is 308 g/mol. The minimum absolute atomic E-state index is 0.624. The summed E-state index contributed by atoms with van der Waals surface area (Å²) in [6.45, 7) is 5.72. The van der Waals surface area contributed by atoms with Gasteiger partial charge in [0.05, 0.1) is 0 Å². The number of likely N-dealkylation sites (tertiary alicyclic amines) is 2. The van der Waals surface area contributed by atoms with Crippen molar-refractivity contribution in [1.82, 2.24) is 14.8 Å². The first-order valence-electron chi connectivity index (χ1n) is 9.49. The number of nitrogens with two attached hydrogens (primary N) is 1. The van der Waals surface area contributed by atoms with Gasteiger partial charge >= 0.3 is 0 Å². The van der Waals surface area contributed by atoms with Crippen molar-refractivity contribution >= 4 is 5.82 Å². The predicted octanol–water partition coefficient (Wildman–Crippen LogP) is 3.15. The van der Waals surface area contributed by atoms with Crippen LogP contribution in [-0.4, -0.2) is 40.5 Å². The van der Waals surface area contributed by atoms with E-state index in [2.05, 4.69) is 51.2 Å². The topological polar surface area (TPSA) is 45.4 Å². The van der Waals surface area contributed by atoms with E-state index in [1.54, 1.807) is 0 Å². The van der Waals surface area contributed by atoms with Crippen LogP contribution in [-0.2, 0) is 13.1 Å². The molecule has 0 saturated carbocycles. The lowest BCUT2D eigenvalue weighted by atomic mass is 9.83. The van der Waals surface area contributed by atoms with E-state index in [0.29, 0.717) is 5.82 Å². The molecule has 1 aromatic carbocycles. The number of hydrogen-bond acceptors (Lipinski definition) is 4. The Morgan fingerprint density at radius 3 is 2.72 bits per heavy atom. The van der Waals surface area contributed by atoms with Crippen LogP contribution in [0.4, 0.5) is 5.82 Å². The van der Waals surface area contributed by atoms with Gasteiger partial charge in [0.2, 0.25) is 0 Å². The molecule has 2 aromatic rings. The Morgan fingerprint density at radius 2 is 1.88 bits per heavy atom. The summed E-state index contributed by atoms with van der Waals surface area (Å²) in [6.07, 6.45) is 5.78. The van der Waals surface area contributed by atoms with Crippen molar-refractivity contribution < 1.29 is 0 Å². The number of anilines is 1. The van der Waals surface area contributed by atoms with Gasteiger partial charge < -0.3 is 5.73 Å². The van der Waals surface area contributed by atoms with Gasteiger partial charge in [-0.3, -0.25) is 9.80 Å². The van der Waals surface area contributed by atoms with Crippen molar-refractivity contribution in [2.75, 3.05) is 25.4 Å². The van der Waals surface area contributed by atoms with Crippen molar-refractivity contribution in [2.45, 2.75) is 38.4 Å². The van der Waals surface area contributed by atoms with Gasteiger partial charge in [-0.1, -0.05) is 30.3 Å². The van der Waals surface area contributed by atoms with Gasteiger partial charge in [-0.25, -0.2) is 4.98 Å².